The Morgan fingerprint density at radius 2 is 2.07 bits per heavy atom. The van der Waals surface area contributed by atoms with Crippen LogP contribution in [-0.2, 0) is 4.79 Å². The van der Waals surface area contributed by atoms with Gasteiger partial charge in [-0.05, 0) is 17.7 Å². The van der Waals surface area contributed by atoms with Crippen LogP contribution in [0.3, 0.4) is 0 Å². The molecule has 1 aliphatic heterocycles. The molecule has 0 aromatic heterocycles. The van der Waals surface area contributed by atoms with Crippen LogP contribution < -0.4 is 10.6 Å². The molecule has 1 aliphatic rings. The van der Waals surface area contributed by atoms with Gasteiger partial charge in [-0.15, -0.1) is 0 Å². The smallest absolute Gasteiger partial charge is 0.320 e. The molecule has 4 nitrogen and oxygen atoms in total. The molecular formula is C9H7ClN2O2. The second kappa shape index (κ2) is 3.31. The molecule has 5 heteroatoms. The number of urea groups is 1. The van der Waals surface area contributed by atoms with E-state index >= 15 is 0 Å². The third-order valence-corrected chi connectivity index (χ3v) is 2.24. The van der Waals surface area contributed by atoms with E-state index in [4.69, 9.17) is 11.6 Å². The predicted octanol–water partition coefficient (Wildman–Crippen LogP) is 1.63. The number of anilines is 1. The van der Waals surface area contributed by atoms with E-state index in [0.717, 1.165) is 0 Å². The van der Waals surface area contributed by atoms with Gasteiger partial charge in [0.05, 0.1) is 0 Å². The van der Waals surface area contributed by atoms with E-state index in [1.807, 2.05) is 0 Å². The fourth-order valence-corrected chi connectivity index (χ4v) is 1.58. The second-order valence-corrected chi connectivity index (χ2v) is 3.30. The van der Waals surface area contributed by atoms with Crippen LogP contribution >= 0.6 is 11.6 Å². The van der Waals surface area contributed by atoms with Crippen molar-refractivity contribution in [2.45, 2.75) is 6.04 Å². The zero-order valence-electron chi connectivity index (χ0n) is 7.08. The van der Waals surface area contributed by atoms with Crippen molar-refractivity contribution in [3.8, 4) is 0 Å². The molecule has 0 saturated heterocycles. The van der Waals surface area contributed by atoms with E-state index in [2.05, 4.69) is 10.6 Å². The highest BCUT2D eigenvalue weighted by atomic mass is 35.5. The molecule has 14 heavy (non-hydrogen) atoms. The van der Waals surface area contributed by atoms with Gasteiger partial charge in [0.2, 0.25) is 5.24 Å². The third kappa shape index (κ3) is 1.44. The highest BCUT2D eigenvalue weighted by molar-refractivity contribution is 6.64. The van der Waals surface area contributed by atoms with Gasteiger partial charge in [-0.1, -0.05) is 18.2 Å². The number of hydrogen-bond donors (Lipinski definition) is 2. The summed E-state index contributed by atoms with van der Waals surface area (Å²) in [5.74, 6) is 0. The molecule has 1 heterocycles. The summed E-state index contributed by atoms with van der Waals surface area (Å²) in [6.07, 6.45) is 0. The van der Waals surface area contributed by atoms with Crippen LogP contribution in [0.4, 0.5) is 10.5 Å². The van der Waals surface area contributed by atoms with Crippen molar-refractivity contribution in [1.29, 1.82) is 0 Å². The minimum atomic E-state index is -0.749. The van der Waals surface area contributed by atoms with Gasteiger partial charge in [-0.3, -0.25) is 4.79 Å². The molecule has 0 saturated carbocycles. The number of nitrogens with one attached hydrogen (secondary N) is 2. The van der Waals surface area contributed by atoms with Crippen LogP contribution in [-0.4, -0.2) is 11.3 Å². The molecule has 0 spiro atoms. The van der Waals surface area contributed by atoms with Crippen LogP contribution in [0.25, 0.3) is 0 Å². The van der Waals surface area contributed by atoms with Crippen molar-refractivity contribution in [2.75, 3.05) is 5.32 Å². The standard InChI is InChI=1S/C9H7ClN2O2/c10-8(13)7-5-3-1-2-4-6(5)11-9(14)12-7/h1-4,7H,(H2,11,12,14). The van der Waals surface area contributed by atoms with E-state index < -0.39 is 17.3 Å². The Bertz CT molecular complexity index is 406. The molecule has 72 valence electrons. The van der Waals surface area contributed by atoms with Crippen LogP contribution in [0.2, 0.25) is 0 Å². The van der Waals surface area contributed by atoms with Crippen molar-refractivity contribution in [1.82, 2.24) is 5.32 Å². The summed E-state index contributed by atoms with van der Waals surface area (Å²) in [4.78, 5) is 22.1. The fraction of sp³-hybridized carbons (Fsp3) is 0.111. The molecule has 0 bridgehead atoms. The normalized spacial score (nSPS) is 19.2. The van der Waals surface area contributed by atoms with Crippen LogP contribution in [0, 0.1) is 0 Å². The first-order valence-corrected chi connectivity index (χ1v) is 4.42. The van der Waals surface area contributed by atoms with Crippen LogP contribution in [0.1, 0.15) is 11.6 Å². The average molecular weight is 211 g/mol. The largest absolute Gasteiger partial charge is 0.322 e. The number of amides is 2. The lowest BCUT2D eigenvalue weighted by Crippen LogP contribution is -2.40. The summed E-state index contributed by atoms with van der Waals surface area (Å²) in [5.41, 5.74) is 1.31. The molecule has 2 N–H and O–H groups in total. The number of hydrogen-bond acceptors (Lipinski definition) is 2. The maximum atomic E-state index is 11.1. The number of para-hydroxylation sites is 1. The van der Waals surface area contributed by atoms with Crippen molar-refractivity contribution in [3.05, 3.63) is 29.8 Å². The molecule has 2 amide bonds. The van der Waals surface area contributed by atoms with E-state index in [0.29, 0.717) is 11.3 Å². The number of rotatable bonds is 1. The third-order valence-electron chi connectivity index (χ3n) is 2.02. The lowest BCUT2D eigenvalue weighted by atomic mass is 10.0. The molecule has 0 fully saturated rings. The zero-order valence-corrected chi connectivity index (χ0v) is 7.84. The highest BCUT2D eigenvalue weighted by Gasteiger charge is 2.27. The van der Waals surface area contributed by atoms with Gasteiger partial charge < -0.3 is 10.6 Å². The summed E-state index contributed by atoms with van der Waals surface area (Å²) >= 11 is 5.37. The lowest BCUT2D eigenvalue weighted by molar-refractivity contribution is -0.113. The van der Waals surface area contributed by atoms with E-state index in [9.17, 15) is 9.59 Å². The zero-order chi connectivity index (χ0) is 10.1. The first-order chi connectivity index (χ1) is 6.68. The first-order valence-electron chi connectivity index (χ1n) is 4.04. The molecule has 1 atom stereocenters. The maximum Gasteiger partial charge on any atom is 0.320 e. The second-order valence-electron chi connectivity index (χ2n) is 2.92. The van der Waals surface area contributed by atoms with Crippen molar-refractivity contribution in [3.63, 3.8) is 0 Å². The lowest BCUT2D eigenvalue weighted by Gasteiger charge is -2.24. The SMILES string of the molecule is O=C1Nc2ccccc2C(C(=O)Cl)N1. The molecule has 1 aromatic carbocycles. The Hall–Kier alpha value is -1.55. The van der Waals surface area contributed by atoms with Gasteiger partial charge in [0.1, 0.15) is 6.04 Å². The van der Waals surface area contributed by atoms with Crippen LogP contribution in [0.5, 0.6) is 0 Å². The molecular weight excluding hydrogens is 204 g/mol. The van der Waals surface area contributed by atoms with Gasteiger partial charge in [0, 0.05) is 11.3 Å². The summed E-state index contributed by atoms with van der Waals surface area (Å²) < 4.78 is 0. The minimum Gasteiger partial charge on any atom is -0.322 e. The molecule has 2 rings (SSSR count). The monoisotopic (exact) mass is 210 g/mol. The van der Waals surface area contributed by atoms with Crippen LogP contribution in [0.15, 0.2) is 24.3 Å². The van der Waals surface area contributed by atoms with E-state index in [1.165, 1.54) is 0 Å². The minimum absolute atomic E-state index is 0.414. The highest BCUT2D eigenvalue weighted by Crippen LogP contribution is 2.27. The Labute approximate surface area is 85.2 Å². The summed E-state index contributed by atoms with van der Waals surface area (Å²) in [5, 5.41) is 4.43. The summed E-state index contributed by atoms with van der Waals surface area (Å²) in [7, 11) is 0. The maximum absolute atomic E-state index is 11.1. The molecule has 0 radical (unpaired) electrons. The Morgan fingerprint density at radius 3 is 2.79 bits per heavy atom. The van der Waals surface area contributed by atoms with Gasteiger partial charge in [0.25, 0.3) is 0 Å². The number of carbonyl (C=O) groups excluding carboxylic acids is 2. The van der Waals surface area contributed by atoms with Gasteiger partial charge >= 0.3 is 6.03 Å². The van der Waals surface area contributed by atoms with Gasteiger partial charge in [-0.2, -0.15) is 0 Å². The summed E-state index contributed by atoms with van der Waals surface area (Å²) in [6.45, 7) is 0. The topological polar surface area (TPSA) is 58.2 Å². The van der Waals surface area contributed by atoms with Crippen molar-refractivity contribution < 1.29 is 9.59 Å². The number of benzene rings is 1. The van der Waals surface area contributed by atoms with Crippen molar-refractivity contribution >= 4 is 28.6 Å². The number of halogens is 1. The quantitative estimate of drug-likeness (QED) is 0.693. The number of fused-ring (bicyclic) bond motifs is 1. The first kappa shape index (κ1) is 9.02. The fourth-order valence-electron chi connectivity index (χ4n) is 1.41. The predicted molar refractivity (Wildman–Crippen MR) is 52.2 cm³/mol. The van der Waals surface area contributed by atoms with E-state index in [-0.39, 0.29) is 0 Å². The molecule has 0 aliphatic carbocycles. The van der Waals surface area contributed by atoms with Gasteiger partial charge in [0.15, 0.2) is 0 Å². The van der Waals surface area contributed by atoms with Gasteiger partial charge in [-0.25, -0.2) is 4.79 Å². The Balaban J connectivity index is 2.48. The summed E-state index contributed by atoms with van der Waals surface area (Å²) in [6, 6.07) is 5.86. The number of carbonyl (C=O) groups is 2. The Morgan fingerprint density at radius 1 is 1.36 bits per heavy atom. The van der Waals surface area contributed by atoms with E-state index in [1.54, 1.807) is 24.3 Å². The Kier molecular flexibility index (Phi) is 2.13. The van der Waals surface area contributed by atoms with Crippen molar-refractivity contribution in [2.24, 2.45) is 0 Å². The molecule has 1 unspecified atom stereocenters. The average Bonchev–Trinajstić information content (AvgIpc) is 2.16. The molecule has 1 aromatic rings.